The summed E-state index contributed by atoms with van der Waals surface area (Å²) >= 11 is 11.8. The molecule has 0 aromatic carbocycles. The average molecular weight is 395 g/mol. The Labute approximate surface area is 161 Å². The largest absolute Gasteiger partial charge is 0.434 e. The molecule has 0 unspecified atom stereocenters. The predicted octanol–water partition coefficient (Wildman–Crippen LogP) is 5.23. The third-order valence-electron chi connectivity index (χ3n) is 4.01. The summed E-state index contributed by atoms with van der Waals surface area (Å²) in [6.07, 6.45) is 12.1. The molecule has 2 N–H and O–H groups in total. The summed E-state index contributed by atoms with van der Waals surface area (Å²) in [5, 5.41) is 10.0. The number of fused-ring (bicyclic) bond motifs is 1. The molecular formula is C17H20Cl2N6O. The summed E-state index contributed by atoms with van der Waals surface area (Å²) in [7, 11) is 1.75. The average Bonchev–Trinajstić information content (AvgIpc) is 3.09. The Morgan fingerprint density at radius 2 is 1.77 bits per heavy atom. The molecular weight excluding hydrogens is 375 g/mol. The van der Waals surface area contributed by atoms with E-state index in [-0.39, 0.29) is 16.1 Å². The van der Waals surface area contributed by atoms with E-state index in [9.17, 15) is 0 Å². The number of rotatable bonds is 3. The first-order valence-corrected chi connectivity index (χ1v) is 9.31. The number of hydrogen-bond acceptors (Lipinski definition) is 6. The Kier molecular flexibility index (Phi) is 6.46. The normalized spacial score (nSPS) is 13.8. The number of pyridine rings is 1. The molecule has 0 atom stereocenters. The molecule has 0 spiro atoms. The van der Waals surface area contributed by atoms with Crippen LogP contribution in [-0.2, 0) is 0 Å². The fraction of sp³-hybridized carbons (Fsp3) is 0.412. The maximum absolute atomic E-state index is 6.01. The standard InChI is InChI=1S/C11H8Cl2N6O.C6H12/c1-14-6-4-16-8-10(17-6)18-19-11(8)20-5-2-3-15-9(13)7(5)12;1-2-4-6-5-3-1/h2-4H,1H3,(H2,14,17,18,19);1-6H2. The van der Waals surface area contributed by atoms with E-state index in [2.05, 4.69) is 30.5 Å². The van der Waals surface area contributed by atoms with Gasteiger partial charge in [-0.05, 0) is 0 Å². The van der Waals surface area contributed by atoms with Crippen molar-refractivity contribution in [2.45, 2.75) is 38.5 Å². The third kappa shape index (κ3) is 4.53. The van der Waals surface area contributed by atoms with Gasteiger partial charge in [0.15, 0.2) is 22.1 Å². The molecule has 1 aliphatic carbocycles. The first-order chi connectivity index (χ1) is 12.7. The Morgan fingerprint density at radius 3 is 2.42 bits per heavy atom. The minimum Gasteiger partial charge on any atom is -0.434 e. The molecule has 4 rings (SSSR count). The minimum atomic E-state index is 0.160. The van der Waals surface area contributed by atoms with Gasteiger partial charge in [-0.1, -0.05) is 61.7 Å². The Hall–Kier alpha value is -2.12. The summed E-state index contributed by atoms with van der Waals surface area (Å²) in [6, 6.07) is 1.59. The molecule has 7 nitrogen and oxygen atoms in total. The van der Waals surface area contributed by atoms with Gasteiger partial charge in [-0.25, -0.2) is 15.0 Å². The first-order valence-electron chi connectivity index (χ1n) is 8.55. The highest BCUT2D eigenvalue weighted by Crippen LogP contribution is 2.34. The molecule has 138 valence electrons. The monoisotopic (exact) mass is 394 g/mol. The van der Waals surface area contributed by atoms with Crippen LogP contribution in [0.25, 0.3) is 11.2 Å². The van der Waals surface area contributed by atoms with Crippen LogP contribution in [0.15, 0.2) is 18.5 Å². The molecule has 1 aliphatic rings. The van der Waals surface area contributed by atoms with Crippen molar-refractivity contribution in [1.82, 2.24) is 25.1 Å². The van der Waals surface area contributed by atoms with Crippen LogP contribution in [0.2, 0.25) is 10.2 Å². The summed E-state index contributed by atoms with van der Waals surface area (Å²) < 4.78 is 5.60. The molecule has 0 radical (unpaired) electrons. The van der Waals surface area contributed by atoms with Crippen molar-refractivity contribution in [3.63, 3.8) is 0 Å². The SMILES string of the molecule is C1CCCCC1.CNc1cnc2c(Oc3ccnc(Cl)c3Cl)n[nH]c2n1. The van der Waals surface area contributed by atoms with Crippen LogP contribution in [0.1, 0.15) is 38.5 Å². The second kappa shape index (κ2) is 9.00. The number of hydrogen-bond donors (Lipinski definition) is 2. The summed E-state index contributed by atoms with van der Waals surface area (Å²) in [5.74, 6) is 1.23. The predicted molar refractivity (Wildman–Crippen MR) is 103 cm³/mol. The van der Waals surface area contributed by atoms with E-state index in [4.69, 9.17) is 27.9 Å². The molecule has 9 heteroatoms. The zero-order valence-electron chi connectivity index (χ0n) is 14.4. The topological polar surface area (TPSA) is 88.6 Å². The molecule has 0 bridgehead atoms. The van der Waals surface area contributed by atoms with Gasteiger partial charge in [0.2, 0.25) is 0 Å². The lowest BCUT2D eigenvalue weighted by atomic mass is 10.0. The Morgan fingerprint density at radius 1 is 1.08 bits per heavy atom. The van der Waals surface area contributed by atoms with Crippen LogP contribution in [0.5, 0.6) is 11.6 Å². The van der Waals surface area contributed by atoms with Crippen LogP contribution >= 0.6 is 23.2 Å². The summed E-state index contributed by atoms with van der Waals surface area (Å²) in [5.41, 5.74) is 0.996. The number of nitrogens with one attached hydrogen (secondary N) is 2. The highest BCUT2D eigenvalue weighted by Gasteiger charge is 2.14. The zero-order chi connectivity index (χ0) is 18.4. The Bertz CT molecular complexity index is 854. The maximum Gasteiger partial charge on any atom is 0.266 e. The zero-order valence-corrected chi connectivity index (χ0v) is 15.9. The van der Waals surface area contributed by atoms with Gasteiger partial charge in [0, 0.05) is 19.3 Å². The lowest BCUT2D eigenvalue weighted by Crippen LogP contribution is -1.93. The molecule has 0 saturated heterocycles. The van der Waals surface area contributed by atoms with E-state index in [1.165, 1.54) is 44.7 Å². The van der Waals surface area contributed by atoms with Crippen molar-refractivity contribution in [2.75, 3.05) is 12.4 Å². The number of aromatic nitrogens is 5. The molecule has 1 fully saturated rings. The van der Waals surface area contributed by atoms with Gasteiger partial charge >= 0.3 is 0 Å². The van der Waals surface area contributed by atoms with E-state index >= 15 is 0 Å². The lowest BCUT2D eigenvalue weighted by Gasteiger charge is -2.05. The van der Waals surface area contributed by atoms with E-state index in [1.807, 2.05) is 0 Å². The number of ether oxygens (including phenoxy) is 1. The van der Waals surface area contributed by atoms with E-state index in [0.29, 0.717) is 22.7 Å². The van der Waals surface area contributed by atoms with Crippen molar-refractivity contribution in [3.8, 4) is 11.6 Å². The van der Waals surface area contributed by atoms with Gasteiger partial charge in [-0.2, -0.15) is 0 Å². The third-order valence-corrected chi connectivity index (χ3v) is 4.76. The second-order valence-electron chi connectivity index (χ2n) is 5.87. The van der Waals surface area contributed by atoms with Gasteiger partial charge in [0.25, 0.3) is 5.88 Å². The number of nitrogens with zero attached hydrogens (tertiary/aromatic N) is 4. The summed E-state index contributed by atoms with van der Waals surface area (Å²) in [6.45, 7) is 0. The second-order valence-corrected chi connectivity index (χ2v) is 6.60. The van der Waals surface area contributed by atoms with Crippen molar-refractivity contribution in [3.05, 3.63) is 28.6 Å². The van der Waals surface area contributed by atoms with Gasteiger partial charge in [-0.15, -0.1) is 5.10 Å². The molecule has 1 saturated carbocycles. The number of aromatic amines is 1. The molecule has 3 heterocycles. The summed E-state index contributed by atoms with van der Waals surface area (Å²) in [4.78, 5) is 12.3. The van der Waals surface area contributed by atoms with Gasteiger partial charge in [0.05, 0.1) is 6.20 Å². The Balaban J connectivity index is 0.000000278. The quantitative estimate of drug-likeness (QED) is 0.591. The molecule has 0 aliphatic heterocycles. The molecule has 26 heavy (non-hydrogen) atoms. The van der Waals surface area contributed by atoms with Crippen molar-refractivity contribution in [2.24, 2.45) is 0 Å². The van der Waals surface area contributed by atoms with Crippen molar-refractivity contribution < 1.29 is 4.74 Å². The van der Waals surface area contributed by atoms with Crippen LogP contribution in [-0.4, -0.2) is 32.2 Å². The van der Waals surface area contributed by atoms with Crippen LogP contribution in [0.4, 0.5) is 5.82 Å². The highest BCUT2D eigenvalue weighted by atomic mass is 35.5. The van der Waals surface area contributed by atoms with Crippen molar-refractivity contribution in [1.29, 1.82) is 0 Å². The number of anilines is 1. The number of H-pyrrole nitrogens is 1. The van der Waals surface area contributed by atoms with Gasteiger partial charge in [-0.3, -0.25) is 5.10 Å². The maximum atomic E-state index is 6.01. The molecule has 3 aromatic rings. The van der Waals surface area contributed by atoms with Gasteiger partial charge < -0.3 is 10.1 Å². The lowest BCUT2D eigenvalue weighted by molar-refractivity contribution is 0.465. The first kappa shape index (κ1) is 18.7. The smallest absolute Gasteiger partial charge is 0.266 e. The molecule has 0 amide bonds. The fourth-order valence-corrected chi connectivity index (χ4v) is 2.92. The van der Waals surface area contributed by atoms with Crippen LogP contribution in [0, 0.1) is 0 Å². The van der Waals surface area contributed by atoms with Crippen LogP contribution < -0.4 is 10.1 Å². The highest BCUT2D eigenvalue weighted by molar-refractivity contribution is 6.42. The van der Waals surface area contributed by atoms with Gasteiger partial charge in [0.1, 0.15) is 10.8 Å². The van der Waals surface area contributed by atoms with Crippen LogP contribution in [0.3, 0.4) is 0 Å². The van der Waals surface area contributed by atoms with E-state index in [0.717, 1.165) is 0 Å². The van der Waals surface area contributed by atoms with Crippen molar-refractivity contribution >= 4 is 40.2 Å². The van der Waals surface area contributed by atoms with E-state index in [1.54, 1.807) is 19.3 Å². The number of halogens is 2. The molecule has 3 aromatic heterocycles. The minimum absolute atomic E-state index is 0.160. The van der Waals surface area contributed by atoms with E-state index < -0.39 is 0 Å². The fourth-order valence-electron chi connectivity index (χ4n) is 2.62.